The van der Waals surface area contributed by atoms with Crippen molar-refractivity contribution in [3.05, 3.63) is 114 Å². The van der Waals surface area contributed by atoms with Gasteiger partial charge in [0, 0.05) is 30.8 Å². The van der Waals surface area contributed by atoms with Crippen molar-refractivity contribution < 1.29 is 24.2 Å². The lowest BCUT2D eigenvalue weighted by Crippen LogP contribution is -2.27. The summed E-state index contributed by atoms with van der Waals surface area (Å²) >= 11 is 0. The second-order valence-electron chi connectivity index (χ2n) is 10.5. The second kappa shape index (κ2) is 12.1. The molecule has 4 aromatic rings. The van der Waals surface area contributed by atoms with Gasteiger partial charge < -0.3 is 20.1 Å². The summed E-state index contributed by atoms with van der Waals surface area (Å²) < 4.78 is 5.61. The fourth-order valence-electron chi connectivity index (χ4n) is 4.84. The maximum absolute atomic E-state index is 12.9. The molecule has 1 aliphatic heterocycles. The van der Waals surface area contributed by atoms with Crippen molar-refractivity contribution in [2.75, 3.05) is 11.4 Å². The first-order valence-corrected chi connectivity index (χ1v) is 13.7. The quantitative estimate of drug-likeness (QED) is 0.206. The predicted octanol–water partition coefficient (Wildman–Crippen LogP) is 6.07. The Hall–Kier alpha value is -4.91. The largest absolute Gasteiger partial charge is 0.508 e. The summed E-state index contributed by atoms with van der Waals surface area (Å²) in [6, 6.07) is 29.0. The second-order valence-corrected chi connectivity index (χ2v) is 10.5. The Morgan fingerprint density at radius 1 is 0.927 bits per heavy atom. The molecular weight excluding hydrogens is 516 g/mol. The molecule has 2 amide bonds. The normalized spacial score (nSPS) is 14.8. The minimum atomic E-state index is -0.557. The molecule has 208 valence electrons. The van der Waals surface area contributed by atoms with Crippen LogP contribution in [0.3, 0.4) is 0 Å². The van der Waals surface area contributed by atoms with Crippen LogP contribution < -0.4 is 15.0 Å². The van der Waals surface area contributed by atoms with E-state index in [4.69, 9.17) is 4.74 Å². The fraction of sp³-hybridized carbons (Fsp3) is 0.206. The third kappa shape index (κ3) is 6.64. The van der Waals surface area contributed by atoms with Crippen molar-refractivity contribution >= 4 is 23.5 Å². The maximum atomic E-state index is 12.9. The number of carbonyl (C=O) groups is 3. The monoisotopic (exact) mass is 548 g/mol. The number of benzene rings is 4. The number of phenols is 1. The van der Waals surface area contributed by atoms with Gasteiger partial charge in [-0.25, -0.2) is 0 Å². The van der Waals surface area contributed by atoms with Crippen LogP contribution in [0, 0.1) is 5.92 Å². The summed E-state index contributed by atoms with van der Waals surface area (Å²) in [4.78, 5) is 40.1. The van der Waals surface area contributed by atoms with Gasteiger partial charge in [-0.15, -0.1) is 0 Å². The number of nitrogens with one attached hydrogen (secondary N) is 1. The number of phenolic OH excluding ortho intramolecular Hbond substituents is 1. The molecule has 0 aromatic heterocycles. The smallest absolute Gasteiger partial charge is 0.316 e. The molecule has 1 atom stereocenters. The van der Waals surface area contributed by atoms with Crippen LogP contribution in [0.25, 0.3) is 11.1 Å². The van der Waals surface area contributed by atoms with E-state index in [0.717, 1.165) is 22.3 Å². The predicted molar refractivity (Wildman–Crippen MR) is 158 cm³/mol. The standard InChI is InChI=1S/C34H32N2O5/c1-22(2)27-6-4-8-31(18-27)41-34(40)28-19-32(38)36(21-28)29-7-3-5-23(17-29)20-35-33(39)26-11-9-24(10-12-26)25-13-15-30(37)16-14-25/h3-18,22,28,37H,19-21H2,1-2H3,(H,35,39). The van der Waals surface area contributed by atoms with Crippen LogP contribution in [0.4, 0.5) is 5.69 Å². The number of hydrogen-bond donors (Lipinski definition) is 2. The van der Waals surface area contributed by atoms with Gasteiger partial charge in [0.05, 0.1) is 5.92 Å². The first-order chi connectivity index (χ1) is 19.8. The van der Waals surface area contributed by atoms with Gasteiger partial charge in [0.25, 0.3) is 5.91 Å². The number of esters is 1. The van der Waals surface area contributed by atoms with Crippen LogP contribution in [-0.2, 0) is 16.1 Å². The van der Waals surface area contributed by atoms with Crippen molar-refractivity contribution in [2.24, 2.45) is 5.92 Å². The Bertz CT molecular complexity index is 1560. The Labute approximate surface area is 239 Å². The molecule has 1 saturated heterocycles. The van der Waals surface area contributed by atoms with Gasteiger partial charge in [-0.2, -0.15) is 0 Å². The van der Waals surface area contributed by atoms with Crippen molar-refractivity contribution in [3.63, 3.8) is 0 Å². The molecular formula is C34H32N2O5. The Balaban J connectivity index is 1.18. The number of ether oxygens (including phenoxy) is 1. The van der Waals surface area contributed by atoms with Crippen molar-refractivity contribution in [1.29, 1.82) is 0 Å². The topological polar surface area (TPSA) is 95.9 Å². The third-order valence-electron chi connectivity index (χ3n) is 7.22. The number of hydrogen-bond acceptors (Lipinski definition) is 5. The summed E-state index contributed by atoms with van der Waals surface area (Å²) in [5.41, 5.74) is 5.00. The Morgan fingerprint density at radius 3 is 2.32 bits per heavy atom. The molecule has 7 heteroatoms. The number of carbonyl (C=O) groups excluding carboxylic acids is 3. The van der Waals surface area contributed by atoms with Crippen LogP contribution in [-0.4, -0.2) is 29.4 Å². The van der Waals surface area contributed by atoms with Crippen molar-refractivity contribution in [3.8, 4) is 22.6 Å². The maximum Gasteiger partial charge on any atom is 0.316 e. The molecule has 41 heavy (non-hydrogen) atoms. The van der Waals surface area contributed by atoms with Crippen LogP contribution in [0.1, 0.15) is 47.7 Å². The van der Waals surface area contributed by atoms with Crippen LogP contribution in [0.5, 0.6) is 11.5 Å². The zero-order valence-corrected chi connectivity index (χ0v) is 23.0. The molecule has 0 saturated carbocycles. The molecule has 1 unspecified atom stereocenters. The van der Waals surface area contributed by atoms with E-state index in [9.17, 15) is 19.5 Å². The Kier molecular flexibility index (Phi) is 8.15. The lowest BCUT2D eigenvalue weighted by Gasteiger charge is -2.18. The molecule has 5 rings (SSSR count). The summed E-state index contributed by atoms with van der Waals surface area (Å²) in [6.07, 6.45) is 0.0871. The number of rotatable bonds is 8. The zero-order valence-electron chi connectivity index (χ0n) is 23.0. The van der Waals surface area contributed by atoms with E-state index in [1.165, 1.54) is 0 Å². The number of aromatic hydroxyl groups is 1. The van der Waals surface area contributed by atoms with Gasteiger partial charge in [0.1, 0.15) is 11.5 Å². The van der Waals surface area contributed by atoms with E-state index in [-0.39, 0.29) is 37.1 Å². The van der Waals surface area contributed by atoms with Gasteiger partial charge in [-0.1, -0.05) is 62.4 Å². The molecule has 0 spiro atoms. The van der Waals surface area contributed by atoms with Gasteiger partial charge in [-0.05, 0) is 76.7 Å². The van der Waals surface area contributed by atoms with E-state index in [1.54, 1.807) is 35.2 Å². The molecule has 1 aliphatic rings. The van der Waals surface area contributed by atoms with Gasteiger partial charge in [0.15, 0.2) is 0 Å². The van der Waals surface area contributed by atoms with E-state index in [0.29, 0.717) is 22.9 Å². The zero-order chi connectivity index (χ0) is 28.9. The highest BCUT2D eigenvalue weighted by atomic mass is 16.5. The number of amides is 2. The highest BCUT2D eigenvalue weighted by Crippen LogP contribution is 2.28. The summed E-state index contributed by atoms with van der Waals surface area (Å²) in [6.45, 7) is 4.67. The number of anilines is 1. The lowest BCUT2D eigenvalue weighted by atomic mass is 10.0. The minimum Gasteiger partial charge on any atom is -0.508 e. The van der Waals surface area contributed by atoms with Crippen molar-refractivity contribution in [2.45, 2.75) is 32.7 Å². The summed E-state index contributed by atoms with van der Waals surface area (Å²) in [5.74, 6) is -0.327. The van der Waals surface area contributed by atoms with E-state index >= 15 is 0 Å². The molecule has 1 fully saturated rings. The molecule has 2 N–H and O–H groups in total. The molecule has 7 nitrogen and oxygen atoms in total. The van der Waals surface area contributed by atoms with E-state index in [2.05, 4.69) is 19.2 Å². The van der Waals surface area contributed by atoms with Crippen LogP contribution >= 0.6 is 0 Å². The molecule has 0 bridgehead atoms. The van der Waals surface area contributed by atoms with Crippen molar-refractivity contribution in [1.82, 2.24) is 5.32 Å². The first kappa shape index (κ1) is 27.6. The van der Waals surface area contributed by atoms with E-state index < -0.39 is 11.9 Å². The highest BCUT2D eigenvalue weighted by molar-refractivity contribution is 6.00. The van der Waals surface area contributed by atoms with Crippen LogP contribution in [0.15, 0.2) is 97.1 Å². The summed E-state index contributed by atoms with van der Waals surface area (Å²) in [7, 11) is 0. The first-order valence-electron chi connectivity index (χ1n) is 13.7. The Morgan fingerprint density at radius 2 is 1.61 bits per heavy atom. The fourth-order valence-corrected chi connectivity index (χ4v) is 4.84. The number of nitrogens with zero attached hydrogens (tertiary/aromatic N) is 1. The highest BCUT2D eigenvalue weighted by Gasteiger charge is 2.36. The third-order valence-corrected chi connectivity index (χ3v) is 7.22. The SMILES string of the molecule is CC(C)c1cccc(OC(=O)C2CC(=O)N(c3cccc(CNC(=O)c4ccc(-c5ccc(O)cc5)cc4)c3)C2)c1. The molecule has 0 aliphatic carbocycles. The minimum absolute atomic E-state index is 0.0871. The average molecular weight is 549 g/mol. The van der Waals surface area contributed by atoms with Crippen LogP contribution in [0.2, 0.25) is 0 Å². The van der Waals surface area contributed by atoms with Gasteiger partial charge >= 0.3 is 5.97 Å². The van der Waals surface area contributed by atoms with Gasteiger partial charge in [0.2, 0.25) is 5.91 Å². The lowest BCUT2D eigenvalue weighted by molar-refractivity contribution is -0.139. The molecule has 0 radical (unpaired) electrons. The van der Waals surface area contributed by atoms with E-state index in [1.807, 2.05) is 66.7 Å². The molecule has 4 aromatic carbocycles. The summed E-state index contributed by atoms with van der Waals surface area (Å²) in [5, 5.41) is 12.4. The van der Waals surface area contributed by atoms with Gasteiger partial charge in [-0.3, -0.25) is 14.4 Å². The average Bonchev–Trinajstić information content (AvgIpc) is 3.38. The molecule has 1 heterocycles.